The normalized spacial score (nSPS) is 13.4. The zero-order valence-corrected chi connectivity index (χ0v) is 26.9. The Labute approximate surface area is 259 Å². The van der Waals surface area contributed by atoms with Crippen molar-refractivity contribution in [2.24, 2.45) is 0 Å². The van der Waals surface area contributed by atoms with Crippen LogP contribution in [0.25, 0.3) is 38.7 Å². The Balaban J connectivity index is 0.000000767. The topological polar surface area (TPSA) is 0 Å². The standard InChI is InChI=1S/C30H22Cl.C2H6Si.2ClH.Zr/c1-2-19-17-28-23(20-13-15-22(31)16-14-20)9-5-11-26(28)30(19)27-12-6-10-25-24-8-4-3-7-21(24)18-29(25)27;1-3-2;;;/h3-18,30H,2H2,1H3;1-2H3;2*1H;/q-1;;;;+3/p-2. The van der Waals surface area contributed by atoms with E-state index in [0.29, 0.717) is 5.92 Å². The maximum absolute atomic E-state index is 6.14. The SMILES string of the molecule is CCC1=Cc2c(-c3ccc(Cl)cc3)cccc2C1c1cccc2c1[cH-]c1ccccc12.C[Si]C.[Cl-].[Cl-].[Zr+3]. The van der Waals surface area contributed by atoms with Gasteiger partial charge in [0.25, 0.3) is 0 Å². The predicted molar refractivity (Wildman–Crippen MR) is 152 cm³/mol. The summed E-state index contributed by atoms with van der Waals surface area (Å²) in [6.45, 7) is 6.58. The Hall–Kier alpha value is -1.54. The van der Waals surface area contributed by atoms with Gasteiger partial charge in [-0.2, -0.15) is 0 Å². The van der Waals surface area contributed by atoms with Crippen LogP contribution in [0.3, 0.4) is 0 Å². The smallest absolute Gasteiger partial charge is 1.00 e. The molecule has 0 fully saturated rings. The Morgan fingerprint density at radius 2 is 1.41 bits per heavy atom. The van der Waals surface area contributed by atoms with Gasteiger partial charge in [0, 0.05) is 20.5 Å². The summed E-state index contributed by atoms with van der Waals surface area (Å²) in [5.41, 5.74) is 8.14. The van der Waals surface area contributed by atoms with E-state index < -0.39 is 0 Å². The molecule has 5 aromatic carbocycles. The summed E-state index contributed by atoms with van der Waals surface area (Å²) < 4.78 is 0. The van der Waals surface area contributed by atoms with E-state index in [1.807, 2.05) is 12.1 Å². The van der Waals surface area contributed by atoms with Crippen molar-refractivity contribution in [2.75, 3.05) is 0 Å². The molecule has 185 valence electrons. The molecule has 0 saturated carbocycles. The van der Waals surface area contributed by atoms with Crippen LogP contribution in [0, 0.1) is 0 Å². The number of hydrogen-bond acceptors (Lipinski definition) is 0. The van der Waals surface area contributed by atoms with Crippen molar-refractivity contribution in [3.05, 3.63) is 118 Å². The molecule has 37 heavy (non-hydrogen) atoms. The summed E-state index contributed by atoms with van der Waals surface area (Å²) in [5, 5.41) is 6.16. The van der Waals surface area contributed by atoms with E-state index in [4.69, 9.17) is 11.6 Å². The zero-order chi connectivity index (χ0) is 23.7. The van der Waals surface area contributed by atoms with Crippen molar-refractivity contribution in [2.45, 2.75) is 32.4 Å². The van der Waals surface area contributed by atoms with Crippen LogP contribution >= 0.6 is 11.6 Å². The fraction of sp³-hybridized carbons (Fsp3) is 0.156. The van der Waals surface area contributed by atoms with Crippen molar-refractivity contribution in [3.8, 4) is 11.1 Å². The molecule has 0 heterocycles. The number of benzene rings is 4. The third kappa shape index (κ3) is 6.05. The minimum absolute atomic E-state index is 0. The molecule has 3 radical (unpaired) electrons. The van der Waals surface area contributed by atoms with Gasteiger partial charge < -0.3 is 24.8 Å². The first-order valence-corrected chi connectivity index (χ1v) is 14.3. The molecule has 0 N–H and O–H groups in total. The van der Waals surface area contributed by atoms with Crippen LogP contribution in [0.15, 0.2) is 96.6 Å². The molecular formula is C32H28Cl3SiZr. The molecule has 1 aliphatic rings. The molecule has 0 saturated heterocycles. The van der Waals surface area contributed by atoms with E-state index in [9.17, 15) is 0 Å². The molecule has 0 bridgehead atoms. The molecule has 1 aliphatic carbocycles. The monoisotopic (exact) mass is 635 g/mol. The number of rotatable bonds is 3. The average Bonchev–Trinajstić information content (AvgIpc) is 3.43. The van der Waals surface area contributed by atoms with Gasteiger partial charge in [-0.3, -0.25) is 0 Å². The Morgan fingerprint density at radius 1 is 0.784 bits per heavy atom. The molecule has 1 unspecified atom stereocenters. The Kier molecular flexibility index (Phi) is 12.0. The number of fused-ring (bicyclic) bond motifs is 4. The van der Waals surface area contributed by atoms with E-state index in [2.05, 4.69) is 105 Å². The first-order chi connectivity index (χ1) is 16.7. The second-order valence-corrected chi connectivity index (χ2v) is 10.3. The van der Waals surface area contributed by atoms with E-state index >= 15 is 0 Å². The largest absolute Gasteiger partial charge is 3.00 e. The van der Waals surface area contributed by atoms with Gasteiger partial charge in [0.15, 0.2) is 0 Å². The number of allylic oxidation sites excluding steroid dienone is 1. The third-order valence-electron chi connectivity index (χ3n) is 6.72. The minimum Gasteiger partial charge on any atom is -1.00 e. The van der Waals surface area contributed by atoms with Gasteiger partial charge in [-0.15, -0.1) is 33.7 Å². The third-order valence-corrected chi connectivity index (χ3v) is 6.97. The fourth-order valence-electron chi connectivity index (χ4n) is 5.27. The summed E-state index contributed by atoms with van der Waals surface area (Å²) in [6, 6.07) is 32.8. The molecule has 0 nitrogen and oxygen atoms in total. The van der Waals surface area contributed by atoms with Gasteiger partial charge in [0.1, 0.15) is 0 Å². The fourth-order valence-corrected chi connectivity index (χ4v) is 5.40. The quantitative estimate of drug-likeness (QED) is 0.209. The first kappa shape index (κ1) is 31.7. The van der Waals surface area contributed by atoms with Crippen molar-refractivity contribution in [1.29, 1.82) is 0 Å². The first-order valence-electron chi connectivity index (χ1n) is 11.9. The van der Waals surface area contributed by atoms with Crippen LogP contribution < -0.4 is 24.8 Å². The second-order valence-electron chi connectivity index (χ2n) is 8.86. The van der Waals surface area contributed by atoms with Gasteiger partial charge in [-0.25, -0.2) is 0 Å². The molecule has 0 spiro atoms. The second kappa shape index (κ2) is 14.0. The van der Waals surface area contributed by atoms with Crippen molar-refractivity contribution >= 4 is 48.7 Å². The Morgan fingerprint density at radius 3 is 2.11 bits per heavy atom. The molecular weight excluding hydrogens is 610 g/mol. The van der Waals surface area contributed by atoms with Crippen LogP contribution in [0.2, 0.25) is 18.1 Å². The molecule has 6 rings (SSSR count). The molecule has 0 aliphatic heterocycles. The molecule has 1 atom stereocenters. The maximum Gasteiger partial charge on any atom is 3.00 e. The van der Waals surface area contributed by atoms with Crippen LogP contribution in [0.4, 0.5) is 0 Å². The summed E-state index contributed by atoms with van der Waals surface area (Å²) in [5.74, 6) is 0.299. The van der Waals surface area contributed by atoms with E-state index in [1.54, 1.807) is 0 Å². The molecule has 0 aromatic heterocycles. The van der Waals surface area contributed by atoms with Gasteiger partial charge in [-0.05, 0) is 40.8 Å². The molecule has 0 amide bonds. The van der Waals surface area contributed by atoms with Crippen LogP contribution in [0.1, 0.15) is 36.0 Å². The van der Waals surface area contributed by atoms with Crippen molar-refractivity contribution in [3.63, 3.8) is 0 Å². The maximum atomic E-state index is 6.14. The van der Waals surface area contributed by atoms with Crippen LogP contribution in [-0.2, 0) is 26.2 Å². The van der Waals surface area contributed by atoms with Crippen molar-refractivity contribution in [1.82, 2.24) is 0 Å². The summed E-state index contributed by atoms with van der Waals surface area (Å²) in [4.78, 5) is 0. The van der Waals surface area contributed by atoms with Gasteiger partial charge in [-0.1, -0.05) is 116 Å². The van der Waals surface area contributed by atoms with E-state index in [0.717, 1.165) is 21.0 Å². The molecule has 5 aromatic rings. The van der Waals surface area contributed by atoms with Gasteiger partial charge in [0.05, 0.1) is 0 Å². The van der Waals surface area contributed by atoms with Gasteiger partial charge >= 0.3 is 26.2 Å². The summed E-state index contributed by atoms with van der Waals surface area (Å²) in [6.07, 6.45) is 3.46. The average molecular weight is 638 g/mol. The number of halogens is 3. The van der Waals surface area contributed by atoms with Gasteiger partial charge in [0.2, 0.25) is 0 Å². The molecule has 5 heteroatoms. The van der Waals surface area contributed by atoms with E-state index in [-0.39, 0.29) is 51.0 Å². The van der Waals surface area contributed by atoms with Crippen LogP contribution in [0.5, 0.6) is 0 Å². The summed E-state index contributed by atoms with van der Waals surface area (Å²) in [7, 11) is 1.08. The van der Waals surface area contributed by atoms with Crippen molar-refractivity contribution < 1.29 is 51.0 Å². The number of hydrogen-bond donors (Lipinski definition) is 0. The summed E-state index contributed by atoms with van der Waals surface area (Å²) >= 11 is 6.14. The Bertz CT molecular complexity index is 1500. The predicted octanol–water partition coefficient (Wildman–Crippen LogP) is 3.76. The van der Waals surface area contributed by atoms with E-state index in [1.165, 1.54) is 54.9 Å². The van der Waals surface area contributed by atoms with Crippen LogP contribution in [-0.4, -0.2) is 9.52 Å². The minimum atomic E-state index is 0. The zero-order valence-electron chi connectivity index (χ0n) is 21.2.